The van der Waals surface area contributed by atoms with Crippen molar-refractivity contribution in [2.75, 3.05) is 26.4 Å². The van der Waals surface area contributed by atoms with Crippen molar-refractivity contribution in [3.8, 4) is 0 Å². The number of likely N-dealkylation sites (N-methyl/N-ethyl adjacent to an activating group) is 1. The molecule has 0 amide bonds. The largest absolute Gasteiger partial charge is 0.468 e. The first kappa shape index (κ1) is 14.2. The van der Waals surface area contributed by atoms with Crippen molar-refractivity contribution in [3.63, 3.8) is 0 Å². The molecule has 0 radical (unpaired) electrons. The van der Waals surface area contributed by atoms with Crippen LogP contribution in [0.5, 0.6) is 0 Å². The molecule has 0 spiro atoms. The number of esters is 1. The Labute approximate surface area is 98.6 Å². The van der Waals surface area contributed by atoms with Crippen LogP contribution in [0.3, 0.4) is 0 Å². The van der Waals surface area contributed by atoms with Crippen molar-refractivity contribution in [1.29, 1.82) is 0 Å². The van der Waals surface area contributed by atoms with Crippen molar-refractivity contribution >= 4 is 34.8 Å². The number of aromatic nitrogens is 1. The zero-order chi connectivity index (χ0) is 10.6. The third-order valence-electron chi connectivity index (χ3n) is 1.62. The monoisotopic (exact) mass is 251 g/mol. The molecule has 0 aliphatic heterocycles. The third-order valence-corrected chi connectivity index (χ3v) is 2.44. The summed E-state index contributed by atoms with van der Waals surface area (Å²) in [4.78, 5) is 17.7. The molecule has 0 saturated carbocycles. The van der Waals surface area contributed by atoms with E-state index in [1.807, 2.05) is 11.9 Å². The number of nitrogens with zero attached hydrogens (tertiary/aromatic N) is 2. The van der Waals surface area contributed by atoms with Gasteiger partial charge >= 0.3 is 5.97 Å². The van der Waals surface area contributed by atoms with Crippen LogP contribution in [0.4, 0.5) is 5.13 Å². The van der Waals surface area contributed by atoms with Crippen molar-refractivity contribution in [2.45, 2.75) is 6.54 Å². The Hall–Kier alpha value is -0.850. The van der Waals surface area contributed by atoms with E-state index in [0.29, 0.717) is 11.7 Å². The molecule has 1 aromatic rings. The Balaban J connectivity index is 0.00000196. The van der Waals surface area contributed by atoms with Gasteiger partial charge in [-0.2, -0.15) is 0 Å². The molecule has 15 heavy (non-hydrogen) atoms. The van der Waals surface area contributed by atoms with E-state index in [2.05, 4.69) is 9.72 Å². The first-order chi connectivity index (χ1) is 6.61. The van der Waals surface area contributed by atoms with E-state index in [1.165, 1.54) is 18.4 Å². The molecule has 1 aromatic heterocycles. The minimum Gasteiger partial charge on any atom is -0.468 e. The van der Waals surface area contributed by atoms with E-state index in [-0.39, 0.29) is 24.9 Å². The van der Waals surface area contributed by atoms with Gasteiger partial charge < -0.3 is 10.5 Å². The molecule has 86 valence electrons. The summed E-state index contributed by atoms with van der Waals surface area (Å²) in [5, 5.41) is 0.548. The average Bonchev–Trinajstić information content (AvgIpc) is 2.50. The second-order valence-electron chi connectivity index (χ2n) is 2.91. The van der Waals surface area contributed by atoms with Crippen LogP contribution in [0.2, 0.25) is 0 Å². The summed E-state index contributed by atoms with van der Waals surface area (Å²) in [6, 6.07) is 0. The summed E-state index contributed by atoms with van der Waals surface area (Å²) in [6.45, 7) is 0.929. The zero-order valence-corrected chi connectivity index (χ0v) is 10.2. The van der Waals surface area contributed by atoms with Crippen molar-refractivity contribution in [1.82, 2.24) is 9.88 Å². The number of carbonyl (C=O) groups excluding carboxylic acids is 1. The van der Waals surface area contributed by atoms with Gasteiger partial charge in [-0.3, -0.25) is 9.69 Å². The minimum absolute atomic E-state index is 0. The van der Waals surface area contributed by atoms with Gasteiger partial charge in [0.2, 0.25) is 0 Å². The lowest BCUT2D eigenvalue weighted by atomic mass is 10.4. The van der Waals surface area contributed by atoms with Crippen LogP contribution in [-0.2, 0) is 16.1 Å². The number of thiazole rings is 1. The van der Waals surface area contributed by atoms with Crippen LogP contribution in [0, 0.1) is 0 Å². The standard InChI is InChI=1S/C8H13N3O2S.ClH/c1-11(5-7(12)13-2)4-6-3-10-8(9)14-6;/h3H,4-5H2,1-2H3,(H2,9,10);1H. The minimum atomic E-state index is -0.245. The Morgan fingerprint density at radius 3 is 2.87 bits per heavy atom. The number of nitrogens with two attached hydrogens (primary N) is 1. The Bertz CT molecular complexity index is 319. The molecule has 2 N–H and O–H groups in total. The molecule has 0 saturated heterocycles. The lowest BCUT2D eigenvalue weighted by Gasteiger charge is -2.12. The number of carbonyl (C=O) groups is 1. The second-order valence-corrected chi connectivity index (χ2v) is 4.06. The van der Waals surface area contributed by atoms with E-state index >= 15 is 0 Å². The number of methoxy groups -OCH3 is 1. The first-order valence-corrected chi connectivity index (χ1v) is 4.89. The molecule has 0 atom stereocenters. The summed E-state index contributed by atoms with van der Waals surface area (Å²) in [5.41, 5.74) is 5.48. The maximum Gasteiger partial charge on any atom is 0.319 e. The topological polar surface area (TPSA) is 68.5 Å². The fourth-order valence-electron chi connectivity index (χ4n) is 1.00. The van der Waals surface area contributed by atoms with Crippen molar-refractivity contribution in [2.24, 2.45) is 0 Å². The number of ether oxygens (including phenoxy) is 1. The van der Waals surface area contributed by atoms with Crippen LogP contribution in [0.25, 0.3) is 0 Å². The number of hydrogen-bond acceptors (Lipinski definition) is 6. The number of hydrogen-bond donors (Lipinski definition) is 1. The van der Waals surface area contributed by atoms with Gasteiger partial charge in [0, 0.05) is 17.6 Å². The number of anilines is 1. The van der Waals surface area contributed by atoms with Crippen LogP contribution in [-0.4, -0.2) is 36.6 Å². The number of rotatable bonds is 4. The fourth-order valence-corrected chi connectivity index (χ4v) is 1.77. The van der Waals surface area contributed by atoms with Gasteiger partial charge in [0.1, 0.15) is 0 Å². The molecule has 0 aromatic carbocycles. The summed E-state index contributed by atoms with van der Waals surface area (Å²) >= 11 is 1.42. The predicted molar refractivity (Wildman–Crippen MR) is 62.1 cm³/mol. The highest BCUT2D eigenvalue weighted by Crippen LogP contribution is 2.15. The highest BCUT2D eigenvalue weighted by molar-refractivity contribution is 7.15. The molecule has 0 aliphatic rings. The lowest BCUT2D eigenvalue weighted by Crippen LogP contribution is -2.25. The van der Waals surface area contributed by atoms with Crippen LogP contribution in [0.1, 0.15) is 4.88 Å². The van der Waals surface area contributed by atoms with Gasteiger partial charge in [-0.25, -0.2) is 4.98 Å². The normalized spacial score (nSPS) is 9.80. The van der Waals surface area contributed by atoms with E-state index in [4.69, 9.17) is 5.73 Å². The van der Waals surface area contributed by atoms with Crippen LogP contribution < -0.4 is 5.73 Å². The highest BCUT2D eigenvalue weighted by Gasteiger charge is 2.08. The fraction of sp³-hybridized carbons (Fsp3) is 0.500. The molecule has 0 unspecified atom stereocenters. The van der Waals surface area contributed by atoms with Gasteiger partial charge in [-0.1, -0.05) is 0 Å². The van der Waals surface area contributed by atoms with E-state index < -0.39 is 0 Å². The third kappa shape index (κ3) is 4.96. The van der Waals surface area contributed by atoms with Crippen molar-refractivity contribution in [3.05, 3.63) is 11.1 Å². The molecular formula is C8H14ClN3O2S. The maximum absolute atomic E-state index is 10.9. The molecule has 0 aliphatic carbocycles. The van der Waals surface area contributed by atoms with Crippen LogP contribution >= 0.6 is 23.7 Å². The molecule has 7 heteroatoms. The molecule has 1 heterocycles. The Kier molecular flexibility index (Phi) is 6.23. The molecule has 1 rings (SSSR count). The van der Waals surface area contributed by atoms with Gasteiger partial charge in [0.15, 0.2) is 5.13 Å². The number of nitrogen functional groups attached to an aromatic ring is 1. The van der Waals surface area contributed by atoms with Gasteiger partial charge in [0.05, 0.1) is 13.7 Å². The Morgan fingerprint density at radius 2 is 2.40 bits per heavy atom. The van der Waals surface area contributed by atoms with Crippen molar-refractivity contribution < 1.29 is 9.53 Å². The maximum atomic E-state index is 10.9. The Morgan fingerprint density at radius 1 is 1.73 bits per heavy atom. The highest BCUT2D eigenvalue weighted by atomic mass is 35.5. The smallest absolute Gasteiger partial charge is 0.319 e. The first-order valence-electron chi connectivity index (χ1n) is 4.07. The SMILES string of the molecule is COC(=O)CN(C)Cc1cnc(N)s1.Cl. The predicted octanol–water partition coefficient (Wildman–Crippen LogP) is 0.752. The lowest BCUT2D eigenvalue weighted by molar-refractivity contribution is -0.141. The summed E-state index contributed by atoms with van der Waals surface area (Å²) in [5.74, 6) is -0.245. The van der Waals surface area contributed by atoms with Crippen LogP contribution in [0.15, 0.2) is 6.20 Å². The van der Waals surface area contributed by atoms with Gasteiger partial charge in [-0.05, 0) is 7.05 Å². The summed E-state index contributed by atoms with van der Waals surface area (Å²) < 4.78 is 4.55. The quantitative estimate of drug-likeness (QED) is 0.800. The summed E-state index contributed by atoms with van der Waals surface area (Å²) in [6.07, 6.45) is 1.72. The zero-order valence-electron chi connectivity index (χ0n) is 8.60. The van der Waals surface area contributed by atoms with E-state index in [1.54, 1.807) is 6.20 Å². The molecule has 5 nitrogen and oxygen atoms in total. The van der Waals surface area contributed by atoms with E-state index in [9.17, 15) is 4.79 Å². The molecule has 0 bridgehead atoms. The van der Waals surface area contributed by atoms with Gasteiger partial charge in [-0.15, -0.1) is 23.7 Å². The molecule has 0 fully saturated rings. The second kappa shape index (κ2) is 6.60. The molecular weight excluding hydrogens is 238 g/mol. The summed E-state index contributed by atoms with van der Waals surface area (Å²) in [7, 11) is 3.22. The average molecular weight is 252 g/mol. The van der Waals surface area contributed by atoms with E-state index in [0.717, 1.165) is 4.88 Å². The van der Waals surface area contributed by atoms with Gasteiger partial charge in [0.25, 0.3) is 0 Å². The number of halogens is 1.